The largest absolute Gasteiger partial charge is 0.371 e. The molecule has 1 aliphatic heterocycles. The van der Waals surface area contributed by atoms with Crippen molar-refractivity contribution < 1.29 is 4.39 Å². The Hall–Kier alpha value is -1.60. The Bertz CT molecular complexity index is 491. The Morgan fingerprint density at radius 3 is 3.00 bits per heavy atom. The van der Waals surface area contributed by atoms with Crippen LogP contribution in [-0.2, 0) is 6.42 Å². The van der Waals surface area contributed by atoms with Crippen LogP contribution in [-0.4, -0.2) is 18.6 Å². The van der Waals surface area contributed by atoms with E-state index < -0.39 is 5.54 Å². The molecule has 19 heavy (non-hydrogen) atoms. The zero-order valence-corrected chi connectivity index (χ0v) is 11.3. The lowest BCUT2D eigenvalue weighted by Gasteiger charge is -2.20. The molecule has 0 aliphatic carbocycles. The molecule has 0 fully saturated rings. The Kier molecular flexibility index (Phi) is 4.06. The molecule has 1 atom stereocenters. The molecule has 0 bridgehead atoms. The first-order chi connectivity index (χ1) is 9.02. The molecule has 0 spiro atoms. The van der Waals surface area contributed by atoms with Gasteiger partial charge in [-0.05, 0) is 50.3 Å². The summed E-state index contributed by atoms with van der Waals surface area (Å²) in [5.41, 5.74) is 7.30. The molecule has 0 aromatic heterocycles. The molecular formula is C15H20FN3. The molecule has 2 N–H and O–H groups in total. The van der Waals surface area contributed by atoms with Gasteiger partial charge in [0.05, 0.1) is 6.07 Å². The van der Waals surface area contributed by atoms with Crippen molar-refractivity contribution in [3.05, 3.63) is 29.6 Å². The number of nitriles is 1. The summed E-state index contributed by atoms with van der Waals surface area (Å²) >= 11 is 0. The molecule has 4 heteroatoms. The minimum absolute atomic E-state index is 0.176. The van der Waals surface area contributed by atoms with Gasteiger partial charge in [-0.1, -0.05) is 6.07 Å². The van der Waals surface area contributed by atoms with Gasteiger partial charge in [-0.2, -0.15) is 5.26 Å². The fraction of sp³-hybridized carbons (Fsp3) is 0.533. The van der Waals surface area contributed by atoms with E-state index in [0.717, 1.165) is 38.0 Å². The summed E-state index contributed by atoms with van der Waals surface area (Å²) in [7, 11) is 0. The van der Waals surface area contributed by atoms with Gasteiger partial charge in [0.15, 0.2) is 0 Å². The number of nitrogens with zero attached hydrogens (tertiary/aromatic N) is 2. The third-order valence-electron chi connectivity index (χ3n) is 3.67. The maximum absolute atomic E-state index is 13.2. The molecule has 0 saturated heterocycles. The van der Waals surface area contributed by atoms with Gasteiger partial charge < -0.3 is 10.6 Å². The second-order valence-corrected chi connectivity index (χ2v) is 5.50. The third kappa shape index (κ3) is 3.45. The highest BCUT2D eigenvalue weighted by Gasteiger charge is 2.20. The van der Waals surface area contributed by atoms with Crippen molar-refractivity contribution in [3.63, 3.8) is 0 Å². The molecule has 2 rings (SSSR count). The van der Waals surface area contributed by atoms with Crippen LogP contribution in [0.3, 0.4) is 0 Å². The molecule has 0 amide bonds. The first-order valence-corrected chi connectivity index (χ1v) is 6.75. The molecule has 102 valence electrons. The van der Waals surface area contributed by atoms with Crippen molar-refractivity contribution in [1.82, 2.24) is 0 Å². The molecule has 3 nitrogen and oxygen atoms in total. The second kappa shape index (κ2) is 5.58. The fourth-order valence-electron chi connectivity index (χ4n) is 2.50. The molecule has 0 radical (unpaired) electrons. The van der Waals surface area contributed by atoms with E-state index in [2.05, 4.69) is 11.0 Å². The summed E-state index contributed by atoms with van der Waals surface area (Å²) in [6, 6.07) is 7.12. The molecule has 1 aromatic carbocycles. The number of nitrogens with two attached hydrogens (primary N) is 1. The number of hydrogen-bond acceptors (Lipinski definition) is 3. The van der Waals surface area contributed by atoms with E-state index in [0.29, 0.717) is 6.42 Å². The summed E-state index contributed by atoms with van der Waals surface area (Å²) in [5, 5.41) is 8.84. The van der Waals surface area contributed by atoms with Gasteiger partial charge in [0.1, 0.15) is 11.4 Å². The SMILES string of the molecule is CC(N)(C#N)CCCCN1CCc2ccc(F)cc21. The van der Waals surface area contributed by atoms with Crippen molar-refractivity contribution in [3.8, 4) is 6.07 Å². The lowest BCUT2D eigenvalue weighted by Crippen LogP contribution is -2.34. The number of unbranched alkanes of at least 4 members (excludes halogenated alkanes) is 1. The Labute approximate surface area is 113 Å². The number of rotatable bonds is 5. The molecule has 1 heterocycles. The van der Waals surface area contributed by atoms with Crippen molar-refractivity contribution in [2.75, 3.05) is 18.0 Å². The summed E-state index contributed by atoms with van der Waals surface area (Å²) in [5.74, 6) is -0.176. The highest BCUT2D eigenvalue weighted by atomic mass is 19.1. The average Bonchev–Trinajstić information content (AvgIpc) is 2.77. The minimum Gasteiger partial charge on any atom is -0.371 e. The number of anilines is 1. The van der Waals surface area contributed by atoms with Crippen molar-refractivity contribution >= 4 is 5.69 Å². The zero-order chi connectivity index (χ0) is 13.9. The molecule has 1 aliphatic rings. The van der Waals surface area contributed by atoms with Crippen LogP contribution in [0.4, 0.5) is 10.1 Å². The zero-order valence-electron chi connectivity index (χ0n) is 11.3. The smallest absolute Gasteiger partial charge is 0.125 e. The topological polar surface area (TPSA) is 53.1 Å². The average molecular weight is 261 g/mol. The van der Waals surface area contributed by atoms with Gasteiger partial charge in [-0.25, -0.2) is 4.39 Å². The predicted molar refractivity (Wildman–Crippen MR) is 74.4 cm³/mol. The first kappa shape index (κ1) is 13.8. The summed E-state index contributed by atoms with van der Waals surface area (Å²) in [6.45, 7) is 3.61. The second-order valence-electron chi connectivity index (χ2n) is 5.50. The molecule has 1 aromatic rings. The first-order valence-electron chi connectivity index (χ1n) is 6.75. The summed E-state index contributed by atoms with van der Waals surface area (Å²) < 4.78 is 13.2. The number of halogens is 1. The van der Waals surface area contributed by atoms with E-state index >= 15 is 0 Å². The van der Waals surface area contributed by atoms with Crippen molar-refractivity contribution in [2.24, 2.45) is 5.73 Å². The van der Waals surface area contributed by atoms with Crippen LogP contribution in [0.15, 0.2) is 18.2 Å². The summed E-state index contributed by atoms with van der Waals surface area (Å²) in [6.07, 6.45) is 3.59. The van der Waals surface area contributed by atoms with Crippen LogP contribution in [0.25, 0.3) is 0 Å². The maximum atomic E-state index is 13.2. The van der Waals surface area contributed by atoms with E-state index in [4.69, 9.17) is 11.0 Å². The number of benzene rings is 1. The number of hydrogen-bond donors (Lipinski definition) is 1. The minimum atomic E-state index is -0.727. The standard InChI is InChI=1S/C15H20FN3/c1-15(18,11-17)7-2-3-8-19-9-6-12-4-5-13(16)10-14(12)19/h4-5,10H,2-3,6-9,18H2,1H3. The third-order valence-corrected chi connectivity index (χ3v) is 3.67. The Morgan fingerprint density at radius 1 is 1.47 bits per heavy atom. The molecular weight excluding hydrogens is 241 g/mol. The van der Waals surface area contributed by atoms with Gasteiger partial charge >= 0.3 is 0 Å². The van der Waals surface area contributed by atoms with Crippen LogP contribution in [0.1, 0.15) is 31.7 Å². The predicted octanol–water partition coefficient (Wildman–Crippen LogP) is 2.60. The highest BCUT2D eigenvalue weighted by molar-refractivity contribution is 5.58. The van der Waals surface area contributed by atoms with Crippen LogP contribution >= 0.6 is 0 Å². The van der Waals surface area contributed by atoms with Crippen LogP contribution < -0.4 is 10.6 Å². The van der Waals surface area contributed by atoms with E-state index in [9.17, 15) is 4.39 Å². The van der Waals surface area contributed by atoms with Gasteiger partial charge in [0.25, 0.3) is 0 Å². The fourth-order valence-corrected chi connectivity index (χ4v) is 2.50. The van der Waals surface area contributed by atoms with Gasteiger partial charge in [0.2, 0.25) is 0 Å². The molecule has 0 saturated carbocycles. The van der Waals surface area contributed by atoms with Crippen LogP contribution in [0.2, 0.25) is 0 Å². The van der Waals surface area contributed by atoms with Gasteiger partial charge in [0, 0.05) is 18.8 Å². The monoisotopic (exact) mass is 261 g/mol. The van der Waals surface area contributed by atoms with Crippen LogP contribution in [0.5, 0.6) is 0 Å². The quantitative estimate of drug-likeness (QED) is 0.829. The lowest BCUT2D eigenvalue weighted by molar-refractivity contribution is 0.507. The van der Waals surface area contributed by atoms with E-state index in [1.165, 1.54) is 11.6 Å². The maximum Gasteiger partial charge on any atom is 0.125 e. The number of fused-ring (bicyclic) bond motifs is 1. The van der Waals surface area contributed by atoms with Crippen molar-refractivity contribution in [2.45, 2.75) is 38.1 Å². The van der Waals surface area contributed by atoms with Crippen molar-refractivity contribution in [1.29, 1.82) is 5.26 Å². The Balaban J connectivity index is 1.84. The van der Waals surface area contributed by atoms with E-state index in [-0.39, 0.29) is 5.82 Å². The normalized spacial score (nSPS) is 16.8. The van der Waals surface area contributed by atoms with E-state index in [1.807, 2.05) is 6.07 Å². The van der Waals surface area contributed by atoms with Gasteiger partial charge in [-0.3, -0.25) is 0 Å². The van der Waals surface area contributed by atoms with E-state index in [1.54, 1.807) is 13.0 Å². The highest BCUT2D eigenvalue weighted by Crippen LogP contribution is 2.28. The Morgan fingerprint density at radius 2 is 2.26 bits per heavy atom. The van der Waals surface area contributed by atoms with Crippen LogP contribution in [0, 0.1) is 17.1 Å². The molecule has 1 unspecified atom stereocenters. The lowest BCUT2D eigenvalue weighted by atomic mass is 9.98. The summed E-state index contributed by atoms with van der Waals surface area (Å²) in [4.78, 5) is 2.22. The van der Waals surface area contributed by atoms with Gasteiger partial charge in [-0.15, -0.1) is 0 Å².